The number of carboxylic acid groups (broad SMARTS) is 1. The molecular weight excluding hydrogens is 206 g/mol. The second-order valence-corrected chi connectivity index (χ2v) is 4.00. The van der Waals surface area contributed by atoms with Crippen LogP contribution in [0, 0.1) is 0 Å². The molecule has 2 atom stereocenters. The van der Waals surface area contributed by atoms with Crippen molar-refractivity contribution in [3.63, 3.8) is 0 Å². The Morgan fingerprint density at radius 2 is 2.36 bits per heavy atom. The van der Waals surface area contributed by atoms with E-state index in [1.165, 1.54) is 4.90 Å². The maximum Gasteiger partial charge on any atom is 0.326 e. The molecule has 6 heteroatoms. The first-order chi connectivity index (χ1) is 6.56. The lowest BCUT2D eigenvalue weighted by atomic mass is 10.2. The molecule has 80 valence electrons. The van der Waals surface area contributed by atoms with Crippen molar-refractivity contribution in [1.29, 1.82) is 0 Å². The number of rotatable bonds is 4. The second-order valence-electron chi connectivity index (χ2n) is 3.27. The Bertz CT molecular complexity index is 245. The third-order valence-electron chi connectivity index (χ3n) is 2.20. The first-order valence-electron chi connectivity index (χ1n) is 4.37. The van der Waals surface area contributed by atoms with Gasteiger partial charge in [0, 0.05) is 31.2 Å². The van der Waals surface area contributed by atoms with Crippen LogP contribution in [0.15, 0.2) is 0 Å². The molecule has 0 aliphatic carbocycles. The van der Waals surface area contributed by atoms with Crippen LogP contribution in [0.5, 0.6) is 0 Å². The van der Waals surface area contributed by atoms with Crippen LogP contribution in [0.25, 0.3) is 0 Å². The monoisotopic (exact) mass is 219 g/mol. The summed E-state index contributed by atoms with van der Waals surface area (Å²) in [5.41, 5.74) is 0. The van der Waals surface area contributed by atoms with Gasteiger partial charge in [0.1, 0.15) is 6.04 Å². The molecule has 2 N–H and O–H groups in total. The van der Waals surface area contributed by atoms with Crippen molar-refractivity contribution in [3.05, 3.63) is 0 Å². The van der Waals surface area contributed by atoms with Crippen LogP contribution >= 0.6 is 12.6 Å². The van der Waals surface area contributed by atoms with Crippen molar-refractivity contribution in [1.82, 2.24) is 4.90 Å². The van der Waals surface area contributed by atoms with E-state index in [0.717, 1.165) is 0 Å². The molecule has 14 heavy (non-hydrogen) atoms. The Kier molecular flexibility index (Phi) is 3.77. The van der Waals surface area contributed by atoms with Gasteiger partial charge in [-0.3, -0.25) is 4.79 Å². The van der Waals surface area contributed by atoms with Gasteiger partial charge in [0.25, 0.3) is 0 Å². The molecule has 0 bridgehead atoms. The number of nitrogens with zero attached hydrogens (tertiary/aromatic N) is 1. The highest BCUT2D eigenvalue weighted by molar-refractivity contribution is 7.81. The lowest BCUT2D eigenvalue weighted by Gasteiger charge is -2.23. The Balaban J connectivity index is 2.68. The van der Waals surface area contributed by atoms with Gasteiger partial charge < -0.3 is 15.1 Å². The molecule has 5 nitrogen and oxygen atoms in total. The highest BCUT2D eigenvalue weighted by Crippen LogP contribution is 2.20. The molecule has 1 heterocycles. The molecule has 0 spiro atoms. The second kappa shape index (κ2) is 4.65. The third kappa shape index (κ3) is 2.39. The third-order valence-corrected chi connectivity index (χ3v) is 2.55. The fraction of sp³-hybridized carbons (Fsp3) is 0.750. The van der Waals surface area contributed by atoms with E-state index >= 15 is 0 Å². The number of aliphatic carboxylic acids is 1. The van der Waals surface area contributed by atoms with E-state index in [1.54, 1.807) is 0 Å². The van der Waals surface area contributed by atoms with Crippen molar-refractivity contribution < 1.29 is 19.8 Å². The maximum absolute atomic E-state index is 11.3. The van der Waals surface area contributed by atoms with Crippen molar-refractivity contribution in [3.8, 4) is 0 Å². The van der Waals surface area contributed by atoms with Crippen LogP contribution in [0.2, 0.25) is 0 Å². The van der Waals surface area contributed by atoms with Crippen molar-refractivity contribution in [2.75, 3.05) is 13.2 Å². The van der Waals surface area contributed by atoms with Crippen molar-refractivity contribution in [2.45, 2.75) is 24.1 Å². The minimum Gasteiger partial charge on any atom is -0.480 e. The van der Waals surface area contributed by atoms with Gasteiger partial charge in [-0.25, -0.2) is 4.79 Å². The zero-order valence-corrected chi connectivity index (χ0v) is 8.48. The lowest BCUT2D eigenvalue weighted by molar-refractivity contribution is -0.148. The van der Waals surface area contributed by atoms with Gasteiger partial charge in [-0.15, -0.1) is 0 Å². The summed E-state index contributed by atoms with van der Waals surface area (Å²) < 4.78 is 0. The number of aliphatic hydroxyl groups is 1. The molecule has 1 unspecified atom stereocenters. The maximum atomic E-state index is 11.3. The average molecular weight is 219 g/mol. The summed E-state index contributed by atoms with van der Waals surface area (Å²) in [4.78, 5) is 23.4. The summed E-state index contributed by atoms with van der Waals surface area (Å²) in [6.07, 6.45) is 0.347. The first kappa shape index (κ1) is 11.3. The highest BCUT2D eigenvalue weighted by atomic mass is 32.1. The zero-order valence-electron chi connectivity index (χ0n) is 7.59. The number of carbonyl (C=O) groups is 2. The normalized spacial score (nSPS) is 24.0. The molecule has 0 radical (unpaired) electrons. The molecule has 1 rings (SSSR count). The summed E-state index contributed by atoms with van der Waals surface area (Å²) in [6, 6.07) is -0.912. The van der Waals surface area contributed by atoms with E-state index in [-0.39, 0.29) is 30.6 Å². The number of aliphatic hydroxyl groups excluding tert-OH is 1. The van der Waals surface area contributed by atoms with Gasteiger partial charge in [0.15, 0.2) is 0 Å². The largest absolute Gasteiger partial charge is 0.480 e. The number of hydrogen-bond donors (Lipinski definition) is 3. The van der Waals surface area contributed by atoms with Gasteiger partial charge >= 0.3 is 5.97 Å². The van der Waals surface area contributed by atoms with Crippen LogP contribution in [0.3, 0.4) is 0 Å². The molecule has 1 aliphatic rings. The fourth-order valence-electron chi connectivity index (χ4n) is 1.55. The Morgan fingerprint density at radius 1 is 1.71 bits per heavy atom. The van der Waals surface area contributed by atoms with Gasteiger partial charge in [-0.05, 0) is 0 Å². The van der Waals surface area contributed by atoms with E-state index in [2.05, 4.69) is 12.6 Å². The van der Waals surface area contributed by atoms with E-state index in [9.17, 15) is 9.59 Å². The predicted octanol–water partition coefficient (Wildman–Crippen LogP) is -0.647. The van der Waals surface area contributed by atoms with Crippen molar-refractivity contribution in [2.24, 2.45) is 0 Å². The summed E-state index contributed by atoms with van der Waals surface area (Å²) in [7, 11) is 0. The van der Waals surface area contributed by atoms with Crippen LogP contribution < -0.4 is 0 Å². The summed E-state index contributed by atoms with van der Waals surface area (Å²) in [6.45, 7) is 0.108. The quantitative estimate of drug-likeness (QED) is 0.549. The molecule has 0 aromatic heterocycles. The molecule has 1 aliphatic heterocycles. The van der Waals surface area contributed by atoms with E-state index in [0.29, 0.717) is 6.54 Å². The standard InChI is InChI=1S/C8H13NO4S/c10-2-1-6(8(12)13)9-4-5(14)3-7(9)11/h5-6,10,14H,1-4H2,(H,12,13)/t5?,6-/m0/s1. The van der Waals surface area contributed by atoms with E-state index in [4.69, 9.17) is 10.2 Å². The lowest BCUT2D eigenvalue weighted by Crippen LogP contribution is -2.42. The molecule has 0 saturated carbocycles. The van der Waals surface area contributed by atoms with Crippen LogP contribution in [-0.4, -0.2) is 51.4 Å². The van der Waals surface area contributed by atoms with Crippen LogP contribution in [0.1, 0.15) is 12.8 Å². The van der Waals surface area contributed by atoms with Crippen LogP contribution in [0.4, 0.5) is 0 Å². The Labute approximate surface area is 87.1 Å². The number of likely N-dealkylation sites (tertiary alicyclic amines) is 1. The molecule has 0 aromatic carbocycles. The van der Waals surface area contributed by atoms with Crippen molar-refractivity contribution >= 4 is 24.5 Å². The predicted molar refractivity (Wildman–Crippen MR) is 52.2 cm³/mol. The van der Waals surface area contributed by atoms with Gasteiger partial charge in [-0.2, -0.15) is 12.6 Å². The van der Waals surface area contributed by atoms with Gasteiger partial charge in [0.05, 0.1) is 0 Å². The Morgan fingerprint density at radius 3 is 2.71 bits per heavy atom. The molecular formula is C8H13NO4S. The summed E-state index contributed by atoms with van der Waals surface area (Å²) in [5.74, 6) is -1.28. The van der Waals surface area contributed by atoms with E-state index in [1.807, 2.05) is 0 Å². The first-order valence-corrected chi connectivity index (χ1v) is 4.89. The Hall–Kier alpha value is -0.750. The molecule has 0 aromatic rings. The van der Waals surface area contributed by atoms with E-state index < -0.39 is 12.0 Å². The average Bonchev–Trinajstić information content (AvgIpc) is 2.40. The van der Waals surface area contributed by atoms with Gasteiger partial charge in [0.2, 0.25) is 5.91 Å². The molecule has 1 saturated heterocycles. The number of amides is 1. The molecule has 1 fully saturated rings. The SMILES string of the molecule is O=C(O)[C@H](CCO)N1CC(S)CC1=O. The fourth-order valence-corrected chi connectivity index (χ4v) is 1.88. The highest BCUT2D eigenvalue weighted by Gasteiger charge is 2.35. The number of carboxylic acids is 1. The molecule has 1 amide bonds. The van der Waals surface area contributed by atoms with Gasteiger partial charge in [-0.1, -0.05) is 0 Å². The minimum absolute atomic E-state index is 0.0710. The zero-order chi connectivity index (χ0) is 10.7. The summed E-state index contributed by atoms with van der Waals surface area (Å²) >= 11 is 4.12. The summed E-state index contributed by atoms with van der Waals surface area (Å²) in [5, 5.41) is 17.4. The smallest absolute Gasteiger partial charge is 0.326 e. The van der Waals surface area contributed by atoms with Crippen LogP contribution in [-0.2, 0) is 9.59 Å². The topological polar surface area (TPSA) is 77.8 Å². The number of thiol groups is 1. The minimum atomic E-state index is -1.07. The number of carbonyl (C=O) groups excluding carboxylic acids is 1. The number of hydrogen-bond acceptors (Lipinski definition) is 4.